The molecule has 0 bridgehead atoms. The van der Waals surface area contributed by atoms with Gasteiger partial charge in [0.25, 0.3) is 15.9 Å². The number of rotatable bonds is 7. The first-order valence-corrected chi connectivity index (χ1v) is 10.5. The molecule has 0 spiro atoms. The Morgan fingerprint density at radius 1 is 1.12 bits per heavy atom. The number of hydrogen-bond acceptors (Lipinski definition) is 3. The Kier molecular flexibility index (Phi) is 5.61. The highest BCUT2D eigenvalue weighted by atomic mass is 32.2. The summed E-state index contributed by atoms with van der Waals surface area (Å²) in [6, 6.07) is 13.7. The number of nitrogens with one attached hydrogen (secondary N) is 1. The fourth-order valence-corrected chi connectivity index (χ4v) is 4.69. The van der Waals surface area contributed by atoms with Crippen LogP contribution in [-0.4, -0.2) is 27.4 Å². The number of anilines is 1. The van der Waals surface area contributed by atoms with Gasteiger partial charge in [-0.1, -0.05) is 38.0 Å². The third-order valence-electron chi connectivity index (χ3n) is 4.59. The molecule has 138 valence electrons. The van der Waals surface area contributed by atoms with Crippen LogP contribution >= 0.6 is 0 Å². The molecular weight excluding hydrogens is 348 g/mol. The molecule has 6 heteroatoms. The molecule has 0 radical (unpaired) electrons. The predicted octanol–water partition coefficient (Wildman–Crippen LogP) is 3.36. The summed E-state index contributed by atoms with van der Waals surface area (Å²) in [5.41, 5.74) is 2.14. The van der Waals surface area contributed by atoms with Crippen LogP contribution in [0.4, 0.5) is 5.69 Å². The van der Waals surface area contributed by atoms with E-state index in [9.17, 15) is 13.2 Å². The molecule has 1 heterocycles. The minimum atomic E-state index is -3.57. The van der Waals surface area contributed by atoms with Gasteiger partial charge in [-0.05, 0) is 48.7 Å². The standard InChI is InChI=1S/C20H24N2O3S/c1-2-3-7-13-21-20(23)17-10-11-19-16(15-17)12-14-22(19)26(24,25)18-8-5-4-6-9-18/h4-6,8-11,15H,2-3,7,12-14H2,1H3,(H,21,23). The van der Waals surface area contributed by atoms with Crippen molar-refractivity contribution >= 4 is 21.6 Å². The van der Waals surface area contributed by atoms with Gasteiger partial charge in [0.1, 0.15) is 0 Å². The number of fused-ring (bicyclic) bond motifs is 1. The summed E-state index contributed by atoms with van der Waals surface area (Å²) in [5.74, 6) is -0.103. The first-order chi connectivity index (χ1) is 12.5. The molecule has 2 aromatic carbocycles. The van der Waals surface area contributed by atoms with Crippen molar-refractivity contribution in [3.63, 3.8) is 0 Å². The van der Waals surface area contributed by atoms with Crippen LogP contribution in [0.1, 0.15) is 42.1 Å². The second kappa shape index (κ2) is 7.91. The number of hydrogen-bond donors (Lipinski definition) is 1. The maximum Gasteiger partial charge on any atom is 0.264 e. The molecule has 5 nitrogen and oxygen atoms in total. The maximum absolute atomic E-state index is 12.9. The van der Waals surface area contributed by atoms with Gasteiger partial charge in [-0.25, -0.2) is 8.42 Å². The number of sulfonamides is 1. The van der Waals surface area contributed by atoms with E-state index in [2.05, 4.69) is 12.2 Å². The van der Waals surface area contributed by atoms with E-state index in [1.807, 2.05) is 6.07 Å². The van der Waals surface area contributed by atoms with Gasteiger partial charge in [-0.3, -0.25) is 9.10 Å². The number of nitrogens with zero attached hydrogens (tertiary/aromatic N) is 1. The monoisotopic (exact) mass is 372 g/mol. The molecule has 26 heavy (non-hydrogen) atoms. The summed E-state index contributed by atoms with van der Waals surface area (Å²) < 4.78 is 27.2. The van der Waals surface area contributed by atoms with E-state index >= 15 is 0 Å². The van der Waals surface area contributed by atoms with E-state index in [0.717, 1.165) is 24.8 Å². The molecular formula is C20H24N2O3S. The van der Waals surface area contributed by atoms with E-state index in [0.29, 0.717) is 30.8 Å². The molecule has 0 saturated carbocycles. The van der Waals surface area contributed by atoms with E-state index in [-0.39, 0.29) is 10.8 Å². The molecule has 0 aromatic heterocycles. The first-order valence-electron chi connectivity index (χ1n) is 9.03. The van der Waals surface area contributed by atoms with Crippen molar-refractivity contribution in [3.05, 3.63) is 59.7 Å². The lowest BCUT2D eigenvalue weighted by Crippen LogP contribution is -2.29. The zero-order valence-electron chi connectivity index (χ0n) is 14.9. The van der Waals surface area contributed by atoms with Crippen molar-refractivity contribution in [2.24, 2.45) is 0 Å². The summed E-state index contributed by atoms with van der Waals surface area (Å²) in [6.45, 7) is 3.18. The molecule has 0 atom stereocenters. The Labute approximate surface area is 155 Å². The lowest BCUT2D eigenvalue weighted by Gasteiger charge is -2.19. The largest absolute Gasteiger partial charge is 0.352 e. The average Bonchev–Trinajstić information content (AvgIpc) is 3.10. The van der Waals surface area contributed by atoms with Crippen LogP contribution in [0, 0.1) is 0 Å². The minimum absolute atomic E-state index is 0.103. The predicted molar refractivity (Wildman–Crippen MR) is 103 cm³/mol. The quantitative estimate of drug-likeness (QED) is 0.758. The third kappa shape index (κ3) is 3.75. The highest BCUT2D eigenvalue weighted by Crippen LogP contribution is 2.33. The fraction of sp³-hybridized carbons (Fsp3) is 0.350. The van der Waals surface area contributed by atoms with Crippen molar-refractivity contribution in [3.8, 4) is 0 Å². The lowest BCUT2D eigenvalue weighted by atomic mass is 10.1. The van der Waals surface area contributed by atoms with Gasteiger partial charge >= 0.3 is 0 Å². The van der Waals surface area contributed by atoms with Crippen LogP contribution in [0.25, 0.3) is 0 Å². The van der Waals surface area contributed by atoms with Crippen molar-refractivity contribution in [2.45, 2.75) is 37.5 Å². The van der Waals surface area contributed by atoms with Crippen LogP contribution in [-0.2, 0) is 16.4 Å². The second-order valence-corrected chi connectivity index (χ2v) is 8.31. The summed E-state index contributed by atoms with van der Waals surface area (Å²) in [7, 11) is -3.57. The third-order valence-corrected chi connectivity index (χ3v) is 6.42. The van der Waals surface area contributed by atoms with Crippen LogP contribution in [0.2, 0.25) is 0 Å². The van der Waals surface area contributed by atoms with E-state index in [1.165, 1.54) is 4.31 Å². The highest BCUT2D eigenvalue weighted by molar-refractivity contribution is 7.92. The molecule has 0 unspecified atom stereocenters. The van der Waals surface area contributed by atoms with Gasteiger partial charge < -0.3 is 5.32 Å². The Hall–Kier alpha value is -2.34. The Bertz CT molecular complexity index is 879. The first kappa shape index (κ1) is 18.5. The van der Waals surface area contributed by atoms with E-state index in [1.54, 1.807) is 42.5 Å². The molecule has 0 aliphatic carbocycles. The molecule has 0 fully saturated rings. The van der Waals surface area contributed by atoms with Gasteiger partial charge in [0.15, 0.2) is 0 Å². The van der Waals surface area contributed by atoms with Crippen molar-refractivity contribution < 1.29 is 13.2 Å². The Morgan fingerprint density at radius 2 is 1.88 bits per heavy atom. The number of benzene rings is 2. The van der Waals surface area contributed by atoms with Crippen LogP contribution in [0.15, 0.2) is 53.4 Å². The number of unbranched alkanes of at least 4 members (excludes halogenated alkanes) is 2. The van der Waals surface area contributed by atoms with Gasteiger partial charge in [-0.15, -0.1) is 0 Å². The van der Waals surface area contributed by atoms with Gasteiger partial charge in [0.05, 0.1) is 10.6 Å². The number of amides is 1. The van der Waals surface area contributed by atoms with Crippen LogP contribution in [0.3, 0.4) is 0 Å². The van der Waals surface area contributed by atoms with Crippen molar-refractivity contribution in [1.82, 2.24) is 5.32 Å². The minimum Gasteiger partial charge on any atom is -0.352 e. The SMILES string of the molecule is CCCCCNC(=O)c1ccc2c(c1)CCN2S(=O)(=O)c1ccccc1. The molecule has 1 N–H and O–H groups in total. The Balaban J connectivity index is 1.77. The average molecular weight is 372 g/mol. The van der Waals surface area contributed by atoms with Crippen LogP contribution < -0.4 is 9.62 Å². The van der Waals surface area contributed by atoms with Gasteiger partial charge in [-0.2, -0.15) is 0 Å². The summed E-state index contributed by atoms with van der Waals surface area (Å²) in [6.07, 6.45) is 3.78. The number of carbonyl (C=O) groups is 1. The molecule has 0 saturated heterocycles. The smallest absolute Gasteiger partial charge is 0.264 e. The fourth-order valence-electron chi connectivity index (χ4n) is 3.16. The van der Waals surface area contributed by atoms with E-state index in [4.69, 9.17) is 0 Å². The summed E-state index contributed by atoms with van der Waals surface area (Å²) >= 11 is 0. The zero-order valence-corrected chi connectivity index (χ0v) is 15.8. The zero-order chi connectivity index (χ0) is 18.6. The highest BCUT2D eigenvalue weighted by Gasteiger charge is 2.31. The molecule has 1 aliphatic rings. The normalized spacial score (nSPS) is 13.5. The Morgan fingerprint density at radius 3 is 2.62 bits per heavy atom. The van der Waals surface area contributed by atoms with E-state index < -0.39 is 10.0 Å². The summed E-state index contributed by atoms with van der Waals surface area (Å²) in [5, 5.41) is 2.92. The molecule has 2 aromatic rings. The second-order valence-electron chi connectivity index (χ2n) is 6.45. The lowest BCUT2D eigenvalue weighted by molar-refractivity contribution is 0.0953. The molecule has 3 rings (SSSR count). The van der Waals surface area contributed by atoms with Crippen molar-refractivity contribution in [2.75, 3.05) is 17.4 Å². The number of carbonyl (C=O) groups excluding carboxylic acids is 1. The maximum atomic E-state index is 12.9. The summed E-state index contributed by atoms with van der Waals surface area (Å²) in [4.78, 5) is 12.5. The topological polar surface area (TPSA) is 66.5 Å². The van der Waals surface area contributed by atoms with Gasteiger partial charge in [0.2, 0.25) is 0 Å². The van der Waals surface area contributed by atoms with Crippen molar-refractivity contribution in [1.29, 1.82) is 0 Å². The molecule has 1 aliphatic heterocycles. The van der Waals surface area contributed by atoms with Crippen LogP contribution in [0.5, 0.6) is 0 Å². The van der Waals surface area contributed by atoms with Gasteiger partial charge in [0, 0.05) is 18.7 Å². The molecule has 1 amide bonds.